The van der Waals surface area contributed by atoms with Crippen molar-refractivity contribution in [1.29, 1.82) is 0 Å². The third-order valence-electron chi connectivity index (χ3n) is 3.45. The highest BCUT2D eigenvalue weighted by Crippen LogP contribution is 2.33. The van der Waals surface area contributed by atoms with E-state index in [0.717, 1.165) is 5.69 Å². The summed E-state index contributed by atoms with van der Waals surface area (Å²) in [6.07, 6.45) is 10.1. The van der Waals surface area contributed by atoms with Gasteiger partial charge in [0.25, 0.3) is 0 Å². The largest absolute Gasteiger partial charge is 0.323 e. The van der Waals surface area contributed by atoms with Crippen molar-refractivity contribution in [3.8, 4) is 0 Å². The van der Waals surface area contributed by atoms with Crippen LogP contribution in [0.5, 0.6) is 0 Å². The first-order chi connectivity index (χ1) is 7.29. The second kappa shape index (κ2) is 4.79. The van der Waals surface area contributed by atoms with Crippen molar-refractivity contribution < 1.29 is 0 Å². The lowest BCUT2D eigenvalue weighted by atomic mass is 9.91. The number of aromatic amines is 1. The van der Waals surface area contributed by atoms with Crippen molar-refractivity contribution in [2.24, 2.45) is 5.73 Å². The maximum absolute atomic E-state index is 5.93. The van der Waals surface area contributed by atoms with Crippen molar-refractivity contribution in [2.45, 2.75) is 57.4 Å². The summed E-state index contributed by atoms with van der Waals surface area (Å²) in [6.45, 7) is 2.02. The fourth-order valence-corrected chi connectivity index (χ4v) is 2.59. The number of nitrogens with one attached hydrogen (secondary N) is 1. The van der Waals surface area contributed by atoms with Gasteiger partial charge < -0.3 is 5.73 Å². The summed E-state index contributed by atoms with van der Waals surface area (Å²) in [5.74, 6) is 0.687. The van der Waals surface area contributed by atoms with E-state index in [2.05, 4.69) is 10.2 Å². The minimum absolute atomic E-state index is 0.0748. The summed E-state index contributed by atoms with van der Waals surface area (Å²) >= 11 is 0. The molecular weight excluding hydrogens is 186 g/mol. The third-order valence-corrected chi connectivity index (χ3v) is 3.45. The molecule has 0 aromatic carbocycles. The predicted octanol–water partition coefficient (Wildman–Crippen LogP) is 2.87. The molecule has 1 heterocycles. The SMILES string of the molecule is CC(N)c1[nH]ncc1C1CCCCCC1. The molecule has 0 amide bonds. The minimum Gasteiger partial charge on any atom is -0.323 e. The zero-order chi connectivity index (χ0) is 10.7. The van der Waals surface area contributed by atoms with Gasteiger partial charge in [-0.3, -0.25) is 5.10 Å². The van der Waals surface area contributed by atoms with E-state index >= 15 is 0 Å². The van der Waals surface area contributed by atoms with E-state index in [1.54, 1.807) is 0 Å². The molecule has 0 spiro atoms. The lowest BCUT2D eigenvalue weighted by molar-refractivity contribution is 0.581. The molecule has 3 heteroatoms. The van der Waals surface area contributed by atoms with E-state index in [-0.39, 0.29) is 6.04 Å². The molecule has 1 atom stereocenters. The average molecular weight is 207 g/mol. The van der Waals surface area contributed by atoms with Gasteiger partial charge in [-0.25, -0.2) is 0 Å². The molecular formula is C12H21N3. The third kappa shape index (κ3) is 2.40. The van der Waals surface area contributed by atoms with Crippen LogP contribution >= 0.6 is 0 Å². The molecule has 3 nitrogen and oxygen atoms in total. The normalized spacial score (nSPS) is 21.2. The van der Waals surface area contributed by atoms with Crippen molar-refractivity contribution in [3.05, 3.63) is 17.5 Å². The molecule has 1 aromatic heterocycles. The van der Waals surface area contributed by atoms with Gasteiger partial charge in [-0.05, 0) is 31.2 Å². The number of aromatic nitrogens is 2. The Kier molecular flexibility index (Phi) is 3.41. The van der Waals surface area contributed by atoms with Crippen LogP contribution < -0.4 is 5.73 Å². The molecule has 84 valence electrons. The maximum Gasteiger partial charge on any atom is 0.0551 e. The summed E-state index contributed by atoms with van der Waals surface area (Å²) in [6, 6.07) is 0.0748. The molecule has 1 aromatic rings. The molecule has 3 N–H and O–H groups in total. The molecule has 0 bridgehead atoms. The maximum atomic E-state index is 5.93. The van der Waals surface area contributed by atoms with Gasteiger partial charge in [-0.2, -0.15) is 5.10 Å². The molecule has 1 unspecified atom stereocenters. The van der Waals surface area contributed by atoms with Crippen molar-refractivity contribution in [2.75, 3.05) is 0 Å². The summed E-state index contributed by atoms with van der Waals surface area (Å²) < 4.78 is 0. The number of hydrogen-bond acceptors (Lipinski definition) is 2. The number of rotatable bonds is 2. The molecule has 0 aliphatic heterocycles. The highest BCUT2D eigenvalue weighted by Gasteiger charge is 2.20. The second-order valence-corrected chi connectivity index (χ2v) is 4.72. The van der Waals surface area contributed by atoms with Crippen LogP contribution in [0, 0.1) is 0 Å². The molecule has 2 rings (SSSR count). The van der Waals surface area contributed by atoms with Crippen LogP contribution in [0.3, 0.4) is 0 Å². The van der Waals surface area contributed by atoms with Crippen LogP contribution in [-0.4, -0.2) is 10.2 Å². The monoisotopic (exact) mass is 207 g/mol. The highest BCUT2D eigenvalue weighted by molar-refractivity contribution is 5.23. The molecule has 1 aliphatic carbocycles. The number of nitrogens with two attached hydrogens (primary N) is 1. The van der Waals surface area contributed by atoms with Gasteiger partial charge in [0.1, 0.15) is 0 Å². The zero-order valence-corrected chi connectivity index (χ0v) is 9.50. The zero-order valence-electron chi connectivity index (χ0n) is 9.50. The topological polar surface area (TPSA) is 54.7 Å². The fourth-order valence-electron chi connectivity index (χ4n) is 2.59. The molecule has 0 saturated heterocycles. The van der Waals surface area contributed by atoms with E-state index in [4.69, 9.17) is 5.73 Å². The summed E-state index contributed by atoms with van der Waals surface area (Å²) in [4.78, 5) is 0. The lowest BCUT2D eigenvalue weighted by Gasteiger charge is -2.15. The fraction of sp³-hybridized carbons (Fsp3) is 0.750. The Morgan fingerprint density at radius 1 is 1.33 bits per heavy atom. The molecule has 1 aliphatic rings. The standard InChI is InChI=1S/C12H21N3/c1-9(13)12-11(8-14-15-12)10-6-4-2-3-5-7-10/h8-10H,2-7,13H2,1H3,(H,14,15). The van der Waals surface area contributed by atoms with Gasteiger partial charge in [-0.15, -0.1) is 0 Å². The number of H-pyrrole nitrogens is 1. The summed E-state index contributed by atoms with van der Waals surface area (Å²) in [7, 11) is 0. The van der Waals surface area contributed by atoms with Crippen molar-refractivity contribution in [3.63, 3.8) is 0 Å². The molecule has 1 fully saturated rings. The summed E-state index contributed by atoms with van der Waals surface area (Å²) in [5, 5.41) is 7.19. The van der Waals surface area contributed by atoms with Gasteiger partial charge in [0.15, 0.2) is 0 Å². The van der Waals surface area contributed by atoms with E-state index in [9.17, 15) is 0 Å². The Bertz CT molecular complexity index is 296. The van der Waals surface area contributed by atoms with Crippen molar-refractivity contribution >= 4 is 0 Å². The molecule has 0 radical (unpaired) electrons. The van der Waals surface area contributed by atoms with Crippen LogP contribution in [0.2, 0.25) is 0 Å². The Hall–Kier alpha value is -0.830. The second-order valence-electron chi connectivity index (χ2n) is 4.72. The van der Waals surface area contributed by atoms with Crippen LogP contribution in [-0.2, 0) is 0 Å². The van der Waals surface area contributed by atoms with Gasteiger partial charge in [0.05, 0.1) is 11.9 Å². The smallest absolute Gasteiger partial charge is 0.0551 e. The quantitative estimate of drug-likeness (QED) is 0.733. The van der Waals surface area contributed by atoms with Crippen LogP contribution in [0.1, 0.15) is 68.7 Å². The van der Waals surface area contributed by atoms with Crippen LogP contribution in [0.15, 0.2) is 6.20 Å². The van der Waals surface area contributed by atoms with Gasteiger partial charge in [-0.1, -0.05) is 25.7 Å². The van der Waals surface area contributed by atoms with Gasteiger partial charge in [0, 0.05) is 6.04 Å². The Labute approximate surface area is 91.4 Å². The number of hydrogen-bond donors (Lipinski definition) is 2. The van der Waals surface area contributed by atoms with Crippen LogP contribution in [0.4, 0.5) is 0 Å². The van der Waals surface area contributed by atoms with Gasteiger partial charge >= 0.3 is 0 Å². The Morgan fingerprint density at radius 2 is 2.00 bits per heavy atom. The van der Waals surface area contributed by atoms with Crippen LogP contribution in [0.25, 0.3) is 0 Å². The van der Waals surface area contributed by atoms with E-state index in [1.807, 2.05) is 13.1 Å². The molecule has 15 heavy (non-hydrogen) atoms. The van der Waals surface area contributed by atoms with Gasteiger partial charge in [0.2, 0.25) is 0 Å². The van der Waals surface area contributed by atoms with Crippen molar-refractivity contribution in [1.82, 2.24) is 10.2 Å². The first kappa shape index (κ1) is 10.7. The van der Waals surface area contributed by atoms with E-state index < -0.39 is 0 Å². The van der Waals surface area contributed by atoms with E-state index in [1.165, 1.54) is 44.1 Å². The lowest BCUT2D eigenvalue weighted by Crippen LogP contribution is -2.10. The molecule has 1 saturated carbocycles. The Morgan fingerprint density at radius 3 is 2.60 bits per heavy atom. The number of nitrogens with zero attached hydrogens (tertiary/aromatic N) is 1. The minimum atomic E-state index is 0.0748. The summed E-state index contributed by atoms with van der Waals surface area (Å²) in [5.41, 5.74) is 8.44. The predicted molar refractivity (Wildman–Crippen MR) is 61.6 cm³/mol. The first-order valence-corrected chi connectivity index (χ1v) is 6.08. The highest BCUT2D eigenvalue weighted by atomic mass is 15.1. The first-order valence-electron chi connectivity index (χ1n) is 6.08. The van der Waals surface area contributed by atoms with E-state index in [0.29, 0.717) is 5.92 Å². The Balaban J connectivity index is 2.15. The average Bonchev–Trinajstić information content (AvgIpc) is 2.55.